The van der Waals surface area contributed by atoms with E-state index in [0.717, 1.165) is 11.1 Å². The number of amides is 1. The van der Waals surface area contributed by atoms with Crippen molar-refractivity contribution in [2.24, 2.45) is 11.7 Å². The van der Waals surface area contributed by atoms with Gasteiger partial charge in [0.1, 0.15) is 11.6 Å². The number of hydrogen-bond donors (Lipinski definition) is 3. The largest absolute Gasteiger partial charge is 0.497 e. The lowest BCUT2D eigenvalue weighted by Gasteiger charge is -2.17. The van der Waals surface area contributed by atoms with Crippen molar-refractivity contribution in [3.8, 4) is 5.75 Å². The fourth-order valence-electron chi connectivity index (χ4n) is 3.45. The Hall–Kier alpha value is -3.19. The van der Waals surface area contributed by atoms with Crippen molar-refractivity contribution in [3.63, 3.8) is 0 Å². The lowest BCUT2D eigenvalue weighted by Crippen LogP contribution is -2.24. The van der Waals surface area contributed by atoms with Crippen LogP contribution < -0.4 is 20.7 Å². The molecule has 1 aromatic heterocycles. The number of nitrogens with two attached hydrogens (primary N) is 1. The summed E-state index contributed by atoms with van der Waals surface area (Å²) in [6.45, 7) is 5.02. The number of aromatic nitrogens is 1. The Morgan fingerprint density at radius 3 is 2.79 bits per heavy atom. The molecular formula is C22H27N5O2. The number of carbonyl (C=O) groups is 1. The van der Waals surface area contributed by atoms with Crippen molar-refractivity contribution in [1.29, 1.82) is 5.41 Å². The van der Waals surface area contributed by atoms with E-state index in [1.165, 1.54) is 6.21 Å². The second kappa shape index (κ2) is 8.45. The molecule has 2 heterocycles. The summed E-state index contributed by atoms with van der Waals surface area (Å²) in [7, 11) is 3.47. The Morgan fingerprint density at radius 1 is 1.41 bits per heavy atom. The van der Waals surface area contributed by atoms with Crippen molar-refractivity contribution < 1.29 is 9.53 Å². The molecule has 0 radical (unpaired) electrons. The summed E-state index contributed by atoms with van der Waals surface area (Å²) in [6, 6.07) is 9.17. The van der Waals surface area contributed by atoms with Gasteiger partial charge in [-0.1, -0.05) is 19.9 Å². The highest BCUT2D eigenvalue weighted by molar-refractivity contribution is 6.11. The highest BCUT2D eigenvalue weighted by Crippen LogP contribution is 2.33. The summed E-state index contributed by atoms with van der Waals surface area (Å²) < 4.78 is 5.37. The van der Waals surface area contributed by atoms with E-state index in [1.54, 1.807) is 24.1 Å². The maximum absolute atomic E-state index is 13.1. The molecule has 1 aliphatic rings. The molecule has 2 aromatic rings. The van der Waals surface area contributed by atoms with Crippen molar-refractivity contribution in [3.05, 3.63) is 58.4 Å². The molecule has 0 saturated heterocycles. The smallest absolute Gasteiger partial charge is 0.260 e. The van der Waals surface area contributed by atoms with Gasteiger partial charge in [-0.2, -0.15) is 0 Å². The number of ether oxygens (including phenoxy) is 1. The number of methoxy groups -OCH3 is 1. The first kappa shape index (κ1) is 20.5. The molecule has 7 heteroatoms. The molecule has 0 unspecified atom stereocenters. The van der Waals surface area contributed by atoms with Crippen LogP contribution in [0.2, 0.25) is 0 Å². The summed E-state index contributed by atoms with van der Waals surface area (Å²) >= 11 is 0. The monoisotopic (exact) mass is 393 g/mol. The molecule has 4 N–H and O–H groups in total. The van der Waals surface area contributed by atoms with Crippen LogP contribution in [0.15, 0.2) is 36.0 Å². The lowest BCUT2D eigenvalue weighted by atomic mass is 10.0. The maximum Gasteiger partial charge on any atom is 0.260 e. The van der Waals surface area contributed by atoms with Gasteiger partial charge in [0.15, 0.2) is 0 Å². The third-order valence-corrected chi connectivity index (χ3v) is 5.07. The van der Waals surface area contributed by atoms with Gasteiger partial charge < -0.3 is 21.2 Å². The van der Waals surface area contributed by atoms with E-state index >= 15 is 0 Å². The lowest BCUT2D eigenvalue weighted by molar-refractivity contribution is 0.0995. The van der Waals surface area contributed by atoms with Crippen LogP contribution in [0.4, 0.5) is 5.82 Å². The summed E-state index contributed by atoms with van der Waals surface area (Å²) in [5.41, 5.74) is 10.6. The summed E-state index contributed by atoms with van der Waals surface area (Å²) in [6.07, 6.45) is 1.22. The Kier molecular flexibility index (Phi) is 5.98. The van der Waals surface area contributed by atoms with Crippen LogP contribution in [0.25, 0.3) is 5.57 Å². The molecule has 0 spiro atoms. The number of nitrogens with one attached hydrogen (secondary N) is 2. The van der Waals surface area contributed by atoms with Crippen molar-refractivity contribution in [2.75, 3.05) is 19.1 Å². The minimum Gasteiger partial charge on any atom is -0.497 e. The molecule has 7 nitrogen and oxygen atoms in total. The second-order valence-electron chi connectivity index (χ2n) is 7.28. The highest BCUT2D eigenvalue weighted by atomic mass is 16.5. The number of pyridine rings is 1. The van der Waals surface area contributed by atoms with E-state index in [1.807, 2.05) is 39.1 Å². The van der Waals surface area contributed by atoms with Crippen molar-refractivity contribution in [1.82, 2.24) is 10.3 Å². The first-order valence-corrected chi connectivity index (χ1v) is 9.55. The number of anilines is 1. The van der Waals surface area contributed by atoms with Crippen LogP contribution >= 0.6 is 0 Å². The topological polar surface area (TPSA) is 104 Å². The predicted octanol–water partition coefficient (Wildman–Crippen LogP) is 2.95. The van der Waals surface area contributed by atoms with Crippen LogP contribution in [-0.2, 0) is 13.1 Å². The molecule has 1 aliphatic heterocycles. The number of nitrogens with zero attached hydrogens (tertiary/aromatic N) is 2. The van der Waals surface area contributed by atoms with E-state index in [9.17, 15) is 4.79 Å². The molecule has 1 amide bonds. The van der Waals surface area contributed by atoms with Crippen LogP contribution in [-0.4, -0.2) is 31.3 Å². The van der Waals surface area contributed by atoms with Gasteiger partial charge in [0.25, 0.3) is 5.91 Å². The summed E-state index contributed by atoms with van der Waals surface area (Å²) in [4.78, 5) is 19.4. The zero-order chi connectivity index (χ0) is 21.1. The minimum absolute atomic E-state index is 0.0892. The third kappa shape index (κ3) is 3.86. The maximum atomic E-state index is 13.1. The Morgan fingerprint density at radius 2 is 2.17 bits per heavy atom. The fraction of sp³-hybridized carbons (Fsp3) is 0.318. The molecule has 3 rings (SSSR count). The van der Waals surface area contributed by atoms with Crippen molar-refractivity contribution >= 4 is 23.5 Å². The standard InChI is InChI=1S/C22H27N5O2/c1-13(2)21(24)17(10-23)19-6-5-7-20(26-19)27-12-18-14(11-25-3)8-15(29-4)9-16(18)22(27)28/h5-10,13,23,25H,11-12,24H2,1-4H3/b21-17+,23-10?. The predicted molar refractivity (Wildman–Crippen MR) is 115 cm³/mol. The number of rotatable bonds is 7. The van der Waals surface area contributed by atoms with E-state index in [2.05, 4.69) is 10.3 Å². The Balaban J connectivity index is 2.03. The highest BCUT2D eigenvalue weighted by Gasteiger charge is 2.32. The van der Waals surface area contributed by atoms with E-state index < -0.39 is 0 Å². The van der Waals surface area contributed by atoms with E-state index in [-0.39, 0.29) is 11.8 Å². The molecule has 29 heavy (non-hydrogen) atoms. The molecule has 0 aliphatic carbocycles. The SMILES string of the molecule is CNCc1cc(OC)cc2c1CN(c1cccc(/C(C=N)=C(/N)C(C)C)n1)C2=O. The van der Waals surface area contributed by atoms with Gasteiger partial charge in [-0.3, -0.25) is 9.69 Å². The molecule has 0 atom stereocenters. The second-order valence-corrected chi connectivity index (χ2v) is 7.28. The number of fused-ring (bicyclic) bond motifs is 1. The number of allylic oxidation sites excluding steroid dienone is 2. The molecule has 152 valence electrons. The molecule has 0 fully saturated rings. The van der Waals surface area contributed by atoms with Gasteiger partial charge in [0.2, 0.25) is 0 Å². The van der Waals surface area contributed by atoms with Gasteiger partial charge in [0, 0.05) is 29.6 Å². The van der Waals surface area contributed by atoms with Crippen LogP contribution in [0.5, 0.6) is 5.75 Å². The van der Waals surface area contributed by atoms with Crippen molar-refractivity contribution in [2.45, 2.75) is 26.9 Å². The molecule has 1 aromatic carbocycles. The minimum atomic E-state index is -0.113. The first-order valence-electron chi connectivity index (χ1n) is 9.55. The number of carbonyl (C=O) groups excluding carboxylic acids is 1. The summed E-state index contributed by atoms with van der Waals surface area (Å²) in [5.74, 6) is 1.17. The molecular weight excluding hydrogens is 366 g/mol. The molecule has 0 saturated carbocycles. The normalized spacial score (nSPS) is 14.1. The van der Waals surface area contributed by atoms with Gasteiger partial charge in [-0.15, -0.1) is 0 Å². The van der Waals surface area contributed by atoms with Crippen LogP contribution in [0.3, 0.4) is 0 Å². The van der Waals surface area contributed by atoms with Crippen LogP contribution in [0.1, 0.15) is 41.0 Å². The number of hydrogen-bond acceptors (Lipinski definition) is 6. The average Bonchev–Trinajstić information content (AvgIpc) is 3.05. The van der Waals surface area contributed by atoms with E-state index in [4.69, 9.17) is 15.9 Å². The van der Waals surface area contributed by atoms with Gasteiger partial charge >= 0.3 is 0 Å². The summed E-state index contributed by atoms with van der Waals surface area (Å²) in [5, 5.41) is 10.9. The Labute approximate surface area is 171 Å². The Bertz CT molecular complexity index is 981. The van der Waals surface area contributed by atoms with Gasteiger partial charge in [0.05, 0.1) is 19.3 Å². The zero-order valence-electron chi connectivity index (χ0n) is 17.2. The quantitative estimate of drug-likeness (QED) is 0.628. The van der Waals surface area contributed by atoms with Gasteiger partial charge in [-0.25, -0.2) is 4.98 Å². The van der Waals surface area contributed by atoms with Crippen LogP contribution in [0, 0.1) is 11.3 Å². The molecule has 0 bridgehead atoms. The third-order valence-electron chi connectivity index (χ3n) is 5.07. The van der Waals surface area contributed by atoms with Gasteiger partial charge in [-0.05, 0) is 48.4 Å². The van der Waals surface area contributed by atoms with E-state index in [0.29, 0.717) is 47.2 Å². The fourth-order valence-corrected chi connectivity index (χ4v) is 3.45. The first-order chi connectivity index (χ1) is 13.9. The average molecular weight is 393 g/mol. The number of benzene rings is 1. The zero-order valence-corrected chi connectivity index (χ0v) is 17.2.